The summed E-state index contributed by atoms with van der Waals surface area (Å²) in [5.74, 6) is 0.249. The first-order valence-corrected chi connectivity index (χ1v) is 8.06. The molecule has 0 radical (unpaired) electrons. The molecular weight excluding hydrogens is 302 g/mol. The molecule has 0 aliphatic heterocycles. The van der Waals surface area contributed by atoms with Gasteiger partial charge in [-0.3, -0.25) is 4.79 Å². The Balaban J connectivity index is 1.88. The van der Waals surface area contributed by atoms with Crippen molar-refractivity contribution in [1.29, 1.82) is 0 Å². The summed E-state index contributed by atoms with van der Waals surface area (Å²) in [5, 5.41) is 7.68. The normalized spacial score (nSPS) is 10.8. The highest BCUT2D eigenvalue weighted by Crippen LogP contribution is 2.32. The van der Waals surface area contributed by atoms with Gasteiger partial charge in [0.05, 0.1) is 11.1 Å². The molecule has 3 rings (SSSR count). The van der Waals surface area contributed by atoms with Gasteiger partial charge in [-0.25, -0.2) is 0 Å². The quantitative estimate of drug-likeness (QED) is 0.768. The Hall–Kier alpha value is -2.82. The molecule has 0 saturated heterocycles. The lowest BCUT2D eigenvalue weighted by Crippen LogP contribution is -2.14. The Bertz CT molecular complexity index is 851. The van der Waals surface area contributed by atoms with Gasteiger partial charge in [-0.2, -0.15) is 0 Å². The van der Waals surface area contributed by atoms with E-state index in [0.29, 0.717) is 17.0 Å². The van der Waals surface area contributed by atoms with Gasteiger partial charge in [0.2, 0.25) is 0 Å². The van der Waals surface area contributed by atoms with Crippen LogP contribution in [-0.2, 0) is 6.42 Å². The molecule has 0 aliphatic carbocycles. The lowest BCUT2D eigenvalue weighted by atomic mass is 10.1. The number of aromatic nitrogens is 1. The summed E-state index contributed by atoms with van der Waals surface area (Å²) in [6.45, 7) is 2.14. The summed E-state index contributed by atoms with van der Waals surface area (Å²) in [6.07, 6.45) is 2.10. The van der Waals surface area contributed by atoms with Gasteiger partial charge >= 0.3 is 0 Å². The molecule has 124 valence electrons. The van der Waals surface area contributed by atoms with Crippen molar-refractivity contribution in [2.24, 2.45) is 0 Å². The van der Waals surface area contributed by atoms with Gasteiger partial charge in [0.1, 0.15) is 0 Å². The van der Waals surface area contributed by atoms with Gasteiger partial charge in [0, 0.05) is 19.7 Å². The van der Waals surface area contributed by atoms with Crippen LogP contribution in [0.5, 0.6) is 0 Å². The Kier molecular flexibility index (Phi) is 4.51. The van der Waals surface area contributed by atoms with Crippen LogP contribution in [0, 0.1) is 0 Å². The van der Waals surface area contributed by atoms with Crippen molar-refractivity contribution in [3.05, 3.63) is 53.6 Å². The number of nitrogens with one attached hydrogen (secondary N) is 1. The monoisotopic (exact) mass is 323 g/mol. The van der Waals surface area contributed by atoms with Crippen molar-refractivity contribution < 1.29 is 9.32 Å². The minimum absolute atomic E-state index is 0.193. The topological polar surface area (TPSA) is 58.4 Å². The summed E-state index contributed by atoms with van der Waals surface area (Å²) in [6, 6.07) is 13.4. The van der Waals surface area contributed by atoms with Gasteiger partial charge in [0.15, 0.2) is 11.4 Å². The summed E-state index contributed by atoms with van der Waals surface area (Å²) < 4.78 is 5.34. The second-order valence-corrected chi connectivity index (χ2v) is 5.98. The zero-order valence-corrected chi connectivity index (χ0v) is 14.2. The van der Waals surface area contributed by atoms with Crippen LogP contribution in [0.25, 0.3) is 11.0 Å². The number of benzene rings is 2. The predicted molar refractivity (Wildman–Crippen MR) is 96.7 cm³/mol. The maximum atomic E-state index is 12.5. The summed E-state index contributed by atoms with van der Waals surface area (Å²) >= 11 is 0. The van der Waals surface area contributed by atoms with Crippen LogP contribution in [0.4, 0.5) is 11.5 Å². The Morgan fingerprint density at radius 2 is 1.92 bits per heavy atom. The Labute approximate surface area is 141 Å². The van der Waals surface area contributed by atoms with Crippen LogP contribution in [0.1, 0.15) is 29.3 Å². The first kappa shape index (κ1) is 16.1. The van der Waals surface area contributed by atoms with Crippen molar-refractivity contribution >= 4 is 28.4 Å². The molecular formula is C19H21N3O2. The molecule has 3 aromatic rings. The fraction of sp³-hybridized carbons (Fsp3) is 0.263. The lowest BCUT2D eigenvalue weighted by molar-refractivity contribution is 0.102. The molecule has 0 bridgehead atoms. The van der Waals surface area contributed by atoms with Gasteiger partial charge in [-0.1, -0.05) is 36.7 Å². The number of hydrogen-bond acceptors (Lipinski definition) is 4. The first-order chi connectivity index (χ1) is 11.6. The lowest BCUT2D eigenvalue weighted by Gasteiger charge is -2.13. The third kappa shape index (κ3) is 3.11. The molecule has 1 N–H and O–H groups in total. The fourth-order valence-electron chi connectivity index (χ4n) is 2.72. The predicted octanol–water partition coefficient (Wildman–Crippen LogP) is 4.10. The van der Waals surface area contributed by atoms with Crippen LogP contribution >= 0.6 is 0 Å². The molecule has 2 aromatic carbocycles. The number of nitrogens with zero attached hydrogens (tertiary/aromatic N) is 2. The van der Waals surface area contributed by atoms with E-state index in [4.69, 9.17) is 4.52 Å². The maximum absolute atomic E-state index is 12.5. The average molecular weight is 323 g/mol. The number of amides is 1. The molecule has 0 saturated carbocycles. The smallest absolute Gasteiger partial charge is 0.256 e. The molecule has 0 unspecified atom stereocenters. The highest BCUT2D eigenvalue weighted by atomic mass is 16.5. The molecule has 0 atom stereocenters. The zero-order chi connectivity index (χ0) is 17.1. The van der Waals surface area contributed by atoms with E-state index in [1.165, 1.54) is 5.56 Å². The minimum Gasteiger partial charge on any atom is -0.377 e. The number of aryl methyl sites for hydroxylation is 1. The summed E-state index contributed by atoms with van der Waals surface area (Å²) in [5.41, 5.74) is 3.43. The van der Waals surface area contributed by atoms with Crippen LogP contribution < -0.4 is 10.2 Å². The largest absolute Gasteiger partial charge is 0.377 e. The highest BCUT2D eigenvalue weighted by Gasteiger charge is 2.16. The van der Waals surface area contributed by atoms with Gasteiger partial charge < -0.3 is 14.7 Å². The third-order valence-corrected chi connectivity index (χ3v) is 3.94. The Morgan fingerprint density at radius 3 is 2.58 bits per heavy atom. The van der Waals surface area contributed by atoms with E-state index in [-0.39, 0.29) is 5.91 Å². The standard InChI is InChI=1S/C19H21N3O2/c1-4-6-13-9-11-14(12-10-13)19(23)20-18-17-15(22(2)3)7-5-8-16(17)24-21-18/h5,7-12H,4,6H2,1-3H3,(H,20,21,23). The van der Waals surface area contributed by atoms with Gasteiger partial charge in [-0.05, 0) is 36.2 Å². The van der Waals surface area contributed by atoms with Crippen LogP contribution in [0.15, 0.2) is 47.0 Å². The van der Waals surface area contributed by atoms with Crippen LogP contribution in [0.2, 0.25) is 0 Å². The third-order valence-electron chi connectivity index (χ3n) is 3.94. The van der Waals surface area contributed by atoms with Crippen molar-refractivity contribution in [3.63, 3.8) is 0 Å². The number of carbonyl (C=O) groups is 1. The minimum atomic E-state index is -0.193. The first-order valence-electron chi connectivity index (χ1n) is 8.06. The molecule has 5 nitrogen and oxygen atoms in total. The van der Waals surface area contributed by atoms with Crippen molar-refractivity contribution in [2.75, 3.05) is 24.3 Å². The van der Waals surface area contributed by atoms with E-state index in [1.807, 2.05) is 61.5 Å². The molecule has 1 amide bonds. The molecule has 0 fully saturated rings. The SMILES string of the molecule is CCCc1ccc(C(=O)Nc2noc3cccc(N(C)C)c23)cc1. The molecule has 1 aromatic heterocycles. The van der Waals surface area contributed by atoms with Gasteiger partial charge in [0.25, 0.3) is 5.91 Å². The molecule has 0 spiro atoms. The van der Waals surface area contributed by atoms with E-state index in [9.17, 15) is 4.79 Å². The molecule has 0 aliphatic rings. The second-order valence-electron chi connectivity index (χ2n) is 5.98. The fourth-order valence-corrected chi connectivity index (χ4v) is 2.72. The summed E-state index contributed by atoms with van der Waals surface area (Å²) in [7, 11) is 3.89. The second kappa shape index (κ2) is 6.74. The molecule has 5 heteroatoms. The van der Waals surface area contributed by atoms with E-state index in [0.717, 1.165) is 23.9 Å². The van der Waals surface area contributed by atoms with Crippen LogP contribution in [0.3, 0.4) is 0 Å². The van der Waals surface area contributed by atoms with E-state index in [1.54, 1.807) is 0 Å². The number of rotatable bonds is 5. The molecule has 1 heterocycles. The number of anilines is 2. The maximum Gasteiger partial charge on any atom is 0.256 e. The van der Waals surface area contributed by atoms with Crippen molar-refractivity contribution in [3.8, 4) is 0 Å². The van der Waals surface area contributed by atoms with Crippen molar-refractivity contribution in [1.82, 2.24) is 5.16 Å². The highest BCUT2D eigenvalue weighted by molar-refractivity contribution is 6.10. The average Bonchev–Trinajstić information content (AvgIpc) is 2.98. The van der Waals surface area contributed by atoms with E-state index < -0.39 is 0 Å². The van der Waals surface area contributed by atoms with E-state index in [2.05, 4.69) is 17.4 Å². The number of carbonyl (C=O) groups excluding carboxylic acids is 1. The van der Waals surface area contributed by atoms with Gasteiger partial charge in [-0.15, -0.1) is 0 Å². The van der Waals surface area contributed by atoms with Crippen molar-refractivity contribution in [2.45, 2.75) is 19.8 Å². The Morgan fingerprint density at radius 1 is 1.17 bits per heavy atom. The van der Waals surface area contributed by atoms with E-state index >= 15 is 0 Å². The zero-order valence-electron chi connectivity index (χ0n) is 14.2. The molecule has 24 heavy (non-hydrogen) atoms. The number of fused-ring (bicyclic) bond motifs is 1. The number of hydrogen-bond donors (Lipinski definition) is 1. The van der Waals surface area contributed by atoms with Crippen LogP contribution in [-0.4, -0.2) is 25.2 Å². The summed E-state index contributed by atoms with van der Waals surface area (Å²) in [4.78, 5) is 14.5.